The van der Waals surface area contributed by atoms with Crippen LogP contribution in [0.15, 0.2) is 0 Å². The molecule has 1 aliphatic rings. The van der Waals surface area contributed by atoms with Gasteiger partial charge in [0.25, 0.3) is 0 Å². The molecule has 3 N–H and O–H groups in total. The summed E-state index contributed by atoms with van der Waals surface area (Å²) in [5.41, 5.74) is 8.28. The van der Waals surface area contributed by atoms with E-state index < -0.39 is 0 Å². The van der Waals surface area contributed by atoms with Gasteiger partial charge in [0.15, 0.2) is 5.82 Å². The smallest absolute Gasteiger partial charge is 0.162 e. The van der Waals surface area contributed by atoms with Crippen LogP contribution < -0.4 is 10.6 Å². The minimum atomic E-state index is 0.0679. The molecule has 1 aromatic rings. The maximum Gasteiger partial charge on any atom is 0.162 e. The Hall–Kier alpha value is -1.69. The van der Waals surface area contributed by atoms with Crippen molar-refractivity contribution in [2.45, 2.75) is 39.7 Å². The Morgan fingerprint density at radius 3 is 2.48 bits per heavy atom. The summed E-state index contributed by atoms with van der Waals surface area (Å²) in [6.07, 6.45) is 2.21. The normalized spacial score (nSPS) is 17.0. The van der Waals surface area contributed by atoms with Crippen molar-refractivity contribution in [3.8, 4) is 0 Å². The monoisotopic (exact) mass is 290 g/mol. The van der Waals surface area contributed by atoms with Crippen LogP contribution in [0, 0.1) is 19.3 Å². The first-order valence-electron chi connectivity index (χ1n) is 7.59. The van der Waals surface area contributed by atoms with Crippen molar-refractivity contribution in [1.82, 2.24) is 15.1 Å². The fourth-order valence-corrected chi connectivity index (χ4v) is 2.96. The number of rotatable bonds is 4. The zero-order valence-electron chi connectivity index (χ0n) is 13.5. The summed E-state index contributed by atoms with van der Waals surface area (Å²) in [5.74, 6) is 0.805. The van der Waals surface area contributed by atoms with E-state index in [1.807, 2.05) is 20.9 Å². The van der Waals surface area contributed by atoms with Gasteiger partial charge in [0.05, 0.1) is 11.3 Å². The van der Waals surface area contributed by atoms with E-state index in [4.69, 9.17) is 11.1 Å². The molecule has 0 radical (unpaired) electrons. The molecule has 0 aromatic carbocycles. The molecule has 0 spiro atoms. The molecule has 0 atom stereocenters. The molecule has 6 nitrogen and oxygen atoms in total. The molecule has 2 heterocycles. The van der Waals surface area contributed by atoms with Gasteiger partial charge in [0.2, 0.25) is 0 Å². The number of piperidine rings is 1. The van der Waals surface area contributed by atoms with Crippen molar-refractivity contribution in [3.05, 3.63) is 16.8 Å². The molecular weight excluding hydrogens is 264 g/mol. The second-order valence-electron chi connectivity index (χ2n) is 5.80. The van der Waals surface area contributed by atoms with Crippen molar-refractivity contribution in [1.29, 1.82) is 5.41 Å². The van der Waals surface area contributed by atoms with E-state index in [0.717, 1.165) is 55.1 Å². The van der Waals surface area contributed by atoms with Crippen molar-refractivity contribution in [3.63, 3.8) is 0 Å². The highest BCUT2D eigenvalue weighted by molar-refractivity contribution is 6.01. The lowest BCUT2D eigenvalue weighted by atomic mass is 10.0. The molecule has 1 fully saturated rings. The molecule has 2 rings (SSSR count). The summed E-state index contributed by atoms with van der Waals surface area (Å²) in [7, 11) is 2.04. The molecule has 21 heavy (non-hydrogen) atoms. The number of nitrogens with two attached hydrogens (primary N) is 1. The van der Waals surface area contributed by atoms with Crippen LogP contribution in [-0.2, 0) is 0 Å². The first kappa shape index (κ1) is 15.7. The number of nitrogen functional groups attached to an aromatic ring is 1. The highest BCUT2D eigenvalue weighted by Crippen LogP contribution is 2.25. The van der Waals surface area contributed by atoms with Crippen LogP contribution in [-0.4, -0.2) is 53.7 Å². The summed E-state index contributed by atoms with van der Waals surface area (Å²) in [4.78, 5) is 4.62. The van der Waals surface area contributed by atoms with Gasteiger partial charge < -0.3 is 15.5 Å². The van der Waals surface area contributed by atoms with Crippen LogP contribution in [0.2, 0.25) is 0 Å². The van der Waals surface area contributed by atoms with Crippen LogP contribution in [0.4, 0.5) is 5.82 Å². The summed E-state index contributed by atoms with van der Waals surface area (Å²) < 4.78 is 0. The Labute approximate surface area is 126 Å². The van der Waals surface area contributed by atoms with Gasteiger partial charge in [0, 0.05) is 26.2 Å². The third-order valence-electron chi connectivity index (χ3n) is 4.59. The second kappa shape index (κ2) is 6.39. The molecule has 0 amide bonds. The van der Waals surface area contributed by atoms with Crippen LogP contribution in [0.3, 0.4) is 0 Å². The fraction of sp³-hybridized carbons (Fsp3) is 0.667. The highest BCUT2D eigenvalue weighted by atomic mass is 15.3. The minimum absolute atomic E-state index is 0.0679. The number of aromatic nitrogens is 2. The van der Waals surface area contributed by atoms with Gasteiger partial charge >= 0.3 is 0 Å². The van der Waals surface area contributed by atoms with Crippen molar-refractivity contribution < 1.29 is 0 Å². The molecule has 6 heteroatoms. The Morgan fingerprint density at radius 1 is 1.33 bits per heavy atom. The van der Waals surface area contributed by atoms with Gasteiger partial charge in [-0.25, -0.2) is 0 Å². The Bertz CT molecular complexity index is 519. The number of aryl methyl sites for hydroxylation is 1. The molecule has 0 aliphatic carbocycles. The average Bonchev–Trinajstić information content (AvgIpc) is 2.48. The number of hydrogen-bond donors (Lipinski definition) is 2. The quantitative estimate of drug-likeness (QED) is 0.645. The molecule has 116 valence electrons. The summed E-state index contributed by atoms with van der Waals surface area (Å²) in [6, 6.07) is 0.433. The zero-order chi connectivity index (χ0) is 15.6. The lowest BCUT2D eigenvalue weighted by Gasteiger charge is -2.37. The van der Waals surface area contributed by atoms with E-state index in [1.54, 1.807) is 0 Å². The first-order chi connectivity index (χ1) is 9.95. The van der Waals surface area contributed by atoms with Crippen LogP contribution in [0.5, 0.6) is 0 Å². The molecular formula is C15H26N6. The average molecular weight is 290 g/mol. The van der Waals surface area contributed by atoms with Gasteiger partial charge in [-0.1, -0.05) is 6.92 Å². The number of hydrogen-bond acceptors (Lipinski definition) is 5. The predicted molar refractivity (Wildman–Crippen MR) is 86.1 cm³/mol. The maximum absolute atomic E-state index is 7.86. The number of amidine groups is 1. The van der Waals surface area contributed by atoms with E-state index in [9.17, 15) is 0 Å². The topological polar surface area (TPSA) is 82.1 Å². The van der Waals surface area contributed by atoms with Gasteiger partial charge in [-0.3, -0.25) is 5.41 Å². The summed E-state index contributed by atoms with van der Waals surface area (Å²) in [6.45, 7) is 9.39. The lowest BCUT2D eigenvalue weighted by molar-refractivity contribution is 0.220. The molecule has 0 unspecified atom stereocenters. The van der Waals surface area contributed by atoms with Crippen molar-refractivity contribution in [2.24, 2.45) is 5.73 Å². The maximum atomic E-state index is 7.86. The number of anilines is 1. The van der Waals surface area contributed by atoms with E-state index in [-0.39, 0.29) is 5.84 Å². The molecule has 0 saturated carbocycles. The van der Waals surface area contributed by atoms with E-state index in [1.165, 1.54) is 0 Å². The molecule has 0 bridgehead atoms. The van der Waals surface area contributed by atoms with Gasteiger partial charge in [0.1, 0.15) is 5.84 Å². The molecule has 1 aliphatic heterocycles. The largest absolute Gasteiger partial charge is 0.384 e. The Morgan fingerprint density at radius 2 is 1.95 bits per heavy atom. The molecule has 1 saturated heterocycles. The third-order valence-corrected chi connectivity index (χ3v) is 4.59. The van der Waals surface area contributed by atoms with Crippen LogP contribution in [0.1, 0.15) is 36.6 Å². The second-order valence-corrected chi connectivity index (χ2v) is 5.80. The highest BCUT2D eigenvalue weighted by Gasteiger charge is 2.26. The third kappa shape index (κ3) is 3.15. The summed E-state index contributed by atoms with van der Waals surface area (Å²) >= 11 is 0. The Balaban J connectivity index is 2.25. The van der Waals surface area contributed by atoms with Crippen LogP contribution in [0.25, 0.3) is 0 Å². The van der Waals surface area contributed by atoms with Gasteiger partial charge in [-0.15, -0.1) is 5.10 Å². The zero-order valence-corrected chi connectivity index (χ0v) is 13.5. The summed E-state index contributed by atoms with van der Waals surface area (Å²) in [5, 5.41) is 16.4. The Kier molecular flexibility index (Phi) is 4.77. The van der Waals surface area contributed by atoms with Crippen molar-refractivity contribution >= 4 is 11.7 Å². The predicted octanol–water partition coefficient (Wildman–Crippen LogP) is 1.30. The van der Waals surface area contributed by atoms with Gasteiger partial charge in [-0.05, 0) is 38.8 Å². The van der Waals surface area contributed by atoms with E-state index >= 15 is 0 Å². The standard InChI is InChI=1S/C15H26N6/c1-5-21-8-6-12(7-9-21)20(4)15-13(14(16)17)10(2)11(3)18-19-15/h12H,5-9H2,1-4H3,(H3,16,17). The van der Waals surface area contributed by atoms with E-state index in [2.05, 4.69) is 26.9 Å². The minimum Gasteiger partial charge on any atom is -0.384 e. The number of nitrogens with zero attached hydrogens (tertiary/aromatic N) is 4. The van der Waals surface area contributed by atoms with Gasteiger partial charge in [-0.2, -0.15) is 5.10 Å². The number of nitrogens with one attached hydrogen (secondary N) is 1. The number of likely N-dealkylation sites (tertiary alicyclic amines) is 1. The lowest BCUT2D eigenvalue weighted by Crippen LogP contribution is -2.44. The fourth-order valence-electron chi connectivity index (χ4n) is 2.96. The van der Waals surface area contributed by atoms with E-state index in [0.29, 0.717) is 6.04 Å². The molecule has 1 aromatic heterocycles. The van der Waals surface area contributed by atoms with Crippen LogP contribution >= 0.6 is 0 Å². The van der Waals surface area contributed by atoms with Crippen molar-refractivity contribution in [2.75, 3.05) is 31.6 Å². The first-order valence-corrected chi connectivity index (χ1v) is 7.59. The SMILES string of the molecule is CCN1CCC(N(C)c2nnc(C)c(C)c2C(=N)N)CC1.